The molecular formula is C23H30N2O5. The first-order valence-corrected chi connectivity index (χ1v) is 11.0. The minimum atomic E-state index is -0.194. The van der Waals surface area contributed by atoms with Gasteiger partial charge in [0.1, 0.15) is 13.2 Å². The summed E-state index contributed by atoms with van der Waals surface area (Å²) in [5.74, 6) is 0.870. The zero-order chi connectivity index (χ0) is 21.3. The van der Waals surface area contributed by atoms with E-state index in [-0.39, 0.29) is 54.5 Å². The number of hydrogen-bond acceptors (Lipinski definition) is 5. The van der Waals surface area contributed by atoms with E-state index in [1.165, 1.54) is 4.90 Å². The molecule has 0 bridgehead atoms. The lowest BCUT2D eigenvalue weighted by Gasteiger charge is -2.26. The van der Waals surface area contributed by atoms with Crippen molar-refractivity contribution in [1.29, 1.82) is 0 Å². The van der Waals surface area contributed by atoms with Crippen molar-refractivity contribution in [2.24, 2.45) is 17.8 Å². The van der Waals surface area contributed by atoms with Crippen molar-refractivity contribution in [3.63, 3.8) is 0 Å². The molecule has 162 valence electrons. The van der Waals surface area contributed by atoms with E-state index >= 15 is 0 Å². The fraction of sp³-hybridized carbons (Fsp3) is 0.609. The molecule has 3 aliphatic rings. The van der Waals surface area contributed by atoms with Crippen LogP contribution in [0.1, 0.15) is 57.6 Å². The van der Waals surface area contributed by atoms with Gasteiger partial charge in [0.05, 0.1) is 17.9 Å². The number of nitrogens with zero attached hydrogens (tertiary/aromatic N) is 1. The van der Waals surface area contributed by atoms with Crippen LogP contribution in [0.2, 0.25) is 0 Å². The minimum Gasteiger partial charge on any atom is -0.486 e. The number of nitrogens with one attached hydrogen (secondary N) is 1. The Morgan fingerprint density at radius 1 is 1.07 bits per heavy atom. The highest BCUT2D eigenvalue weighted by molar-refractivity contribution is 6.05. The van der Waals surface area contributed by atoms with E-state index in [0.717, 1.165) is 31.2 Å². The van der Waals surface area contributed by atoms with Crippen molar-refractivity contribution in [1.82, 2.24) is 10.2 Å². The zero-order valence-electron chi connectivity index (χ0n) is 17.7. The maximum atomic E-state index is 12.7. The molecule has 3 atom stereocenters. The summed E-state index contributed by atoms with van der Waals surface area (Å²) >= 11 is 0. The van der Waals surface area contributed by atoms with Gasteiger partial charge in [0, 0.05) is 13.0 Å². The summed E-state index contributed by atoms with van der Waals surface area (Å²) in [6, 6.07) is 5.53. The number of hydrogen-bond donors (Lipinski definition) is 1. The normalized spacial score (nSPS) is 24.0. The molecule has 1 N–H and O–H groups in total. The predicted octanol–water partition coefficient (Wildman–Crippen LogP) is 2.84. The summed E-state index contributed by atoms with van der Waals surface area (Å²) in [6.07, 6.45) is 3.69. The molecule has 2 aliphatic heterocycles. The van der Waals surface area contributed by atoms with Gasteiger partial charge in [-0.15, -0.1) is 0 Å². The molecule has 0 spiro atoms. The zero-order valence-corrected chi connectivity index (χ0v) is 17.7. The molecule has 2 heterocycles. The van der Waals surface area contributed by atoms with Crippen LogP contribution < -0.4 is 14.8 Å². The van der Waals surface area contributed by atoms with Gasteiger partial charge in [-0.3, -0.25) is 19.3 Å². The van der Waals surface area contributed by atoms with Gasteiger partial charge < -0.3 is 14.8 Å². The number of carbonyl (C=O) groups is 3. The van der Waals surface area contributed by atoms with E-state index in [9.17, 15) is 14.4 Å². The number of benzene rings is 1. The lowest BCUT2D eigenvalue weighted by Crippen LogP contribution is -2.37. The molecule has 1 aromatic carbocycles. The van der Waals surface area contributed by atoms with Gasteiger partial charge in [-0.2, -0.15) is 0 Å². The van der Waals surface area contributed by atoms with Gasteiger partial charge in [-0.25, -0.2) is 0 Å². The average molecular weight is 415 g/mol. The fourth-order valence-electron chi connectivity index (χ4n) is 4.80. The maximum Gasteiger partial charge on any atom is 0.233 e. The van der Waals surface area contributed by atoms with Crippen LogP contribution in [0.25, 0.3) is 0 Å². The highest BCUT2D eigenvalue weighted by Crippen LogP contribution is 2.38. The Morgan fingerprint density at radius 2 is 1.70 bits per heavy atom. The Bertz CT molecular complexity index is 813. The molecule has 1 saturated carbocycles. The number of likely N-dealkylation sites (tertiary alicyclic amines) is 1. The molecule has 2 fully saturated rings. The third kappa shape index (κ3) is 4.02. The molecule has 0 radical (unpaired) electrons. The van der Waals surface area contributed by atoms with Crippen molar-refractivity contribution in [3.8, 4) is 11.5 Å². The highest BCUT2D eigenvalue weighted by atomic mass is 16.6. The summed E-state index contributed by atoms with van der Waals surface area (Å²) in [6.45, 7) is 5.28. The summed E-state index contributed by atoms with van der Waals surface area (Å²) in [7, 11) is 0. The average Bonchev–Trinajstić information content (AvgIpc) is 3.00. The molecular weight excluding hydrogens is 384 g/mol. The number of carbonyl (C=O) groups excluding carboxylic acids is 3. The van der Waals surface area contributed by atoms with Gasteiger partial charge in [0.25, 0.3) is 0 Å². The van der Waals surface area contributed by atoms with E-state index in [1.807, 2.05) is 32.0 Å². The molecule has 1 aliphatic carbocycles. The predicted molar refractivity (Wildman–Crippen MR) is 110 cm³/mol. The highest BCUT2D eigenvalue weighted by Gasteiger charge is 2.47. The second-order valence-electron chi connectivity index (χ2n) is 8.77. The van der Waals surface area contributed by atoms with E-state index in [1.54, 1.807) is 0 Å². The van der Waals surface area contributed by atoms with Crippen molar-refractivity contribution in [2.45, 2.75) is 52.0 Å². The fourth-order valence-corrected chi connectivity index (χ4v) is 4.80. The van der Waals surface area contributed by atoms with Crippen molar-refractivity contribution in [3.05, 3.63) is 23.8 Å². The quantitative estimate of drug-likeness (QED) is 0.724. The molecule has 1 aromatic rings. The third-order valence-electron chi connectivity index (χ3n) is 6.40. The summed E-state index contributed by atoms with van der Waals surface area (Å²) in [4.78, 5) is 39.2. The van der Waals surface area contributed by atoms with Crippen LogP contribution in [0.15, 0.2) is 18.2 Å². The summed E-state index contributed by atoms with van der Waals surface area (Å²) in [5, 5.41) is 3.07. The van der Waals surface area contributed by atoms with Gasteiger partial charge in [0.2, 0.25) is 17.7 Å². The molecule has 0 unspecified atom stereocenters. The number of ether oxygens (including phenoxy) is 2. The Kier molecular flexibility index (Phi) is 5.97. The Hall–Kier alpha value is -2.57. The molecule has 4 rings (SSSR count). The van der Waals surface area contributed by atoms with Crippen LogP contribution in [-0.4, -0.2) is 42.4 Å². The molecule has 1 saturated heterocycles. The third-order valence-corrected chi connectivity index (χ3v) is 6.40. The van der Waals surface area contributed by atoms with Gasteiger partial charge in [0.15, 0.2) is 11.5 Å². The second-order valence-corrected chi connectivity index (χ2v) is 8.77. The lowest BCUT2D eigenvalue weighted by molar-refractivity contribution is -0.140. The molecule has 30 heavy (non-hydrogen) atoms. The van der Waals surface area contributed by atoms with Crippen LogP contribution in [0.3, 0.4) is 0 Å². The van der Waals surface area contributed by atoms with Crippen LogP contribution in [0, 0.1) is 17.8 Å². The van der Waals surface area contributed by atoms with Crippen LogP contribution >= 0.6 is 0 Å². The molecule has 0 aromatic heterocycles. The molecule has 7 nitrogen and oxygen atoms in total. The number of rotatable bonds is 6. The summed E-state index contributed by atoms with van der Waals surface area (Å²) in [5.41, 5.74) is 0.946. The molecule has 7 heteroatoms. The van der Waals surface area contributed by atoms with E-state index in [0.29, 0.717) is 24.7 Å². The lowest BCUT2D eigenvalue weighted by atomic mass is 9.81. The maximum absolute atomic E-state index is 12.7. The monoisotopic (exact) mass is 414 g/mol. The van der Waals surface area contributed by atoms with E-state index in [2.05, 4.69) is 5.32 Å². The Labute approximate surface area is 177 Å². The van der Waals surface area contributed by atoms with Crippen molar-refractivity contribution < 1.29 is 23.9 Å². The van der Waals surface area contributed by atoms with E-state index < -0.39 is 0 Å². The van der Waals surface area contributed by atoms with Gasteiger partial charge in [-0.1, -0.05) is 32.8 Å². The second kappa shape index (κ2) is 8.66. The Balaban J connectivity index is 1.38. The largest absolute Gasteiger partial charge is 0.486 e. The van der Waals surface area contributed by atoms with Crippen molar-refractivity contribution >= 4 is 17.7 Å². The molecule has 3 amide bonds. The van der Waals surface area contributed by atoms with Crippen LogP contribution in [0.4, 0.5) is 0 Å². The number of fused-ring (bicyclic) bond motifs is 2. The first-order chi connectivity index (χ1) is 14.5. The number of imide groups is 1. The van der Waals surface area contributed by atoms with Crippen LogP contribution in [0.5, 0.6) is 11.5 Å². The Morgan fingerprint density at radius 3 is 2.33 bits per heavy atom. The first kappa shape index (κ1) is 20.7. The van der Waals surface area contributed by atoms with Gasteiger partial charge >= 0.3 is 0 Å². The van der Waals surface area contributed by atoms with Crippen molar-refractivity contribution in [2.75, 3.05) is 19.8 Å². The SMILES string of the molecule is CC(C)[C@@H](NC(=O)CCN1C(=O)[C@H]2CCCC[C@H]2C1=O)c1ccc2c(c1)OCCO2. The van der Waals surface area contributed by atoms with Crippen LogP contribution in [-0.2, 0) is 14.4 Å². The minimum absolute atomic E-state index is 0.0928. The smallest absolute Gasteiger partial charge is 0.233 e. The number of amides is 3. The first-order valence-electron chi connectivity index (χ1n) is 11.0. The van der Waals surface area contributed by atoms with E-state index in [4.69, 9.17) is 9.47 Å². The topological polar surface area (TPSA) is 84.9 Å². The summed E-state index contributed by atoms with van der Waals surface area (Å²) < 4.78 is 11.2. The standard InChI is InChI=1S/C23H30N2O5/c1-14(2)21(15-7-8-18-19(13-15)30-12-11-29-18)24-20(26)9-10-25-22(27)16-5-3-4-6-17(16)23(25)28/h7-8,13-14,16-17,21H,3-6,9-12H2,1-2H3,(H,24,26)/t16-,17+,21-/m1/s1. The van der Waals surface area contributed by atoms with Gasteiger partial charge in [-0.05, 0) is 36.5 Å².